The van der Waals surface area contributed by atoms with E-state index in [0.29, 0.717) is 16.3 Å². The Bertz CT molecular complexity index is 864. The van der Waals surface area contributed by atoms with Gasteiger partial charge in [0.25, 0.3) is 0 Å². The van der Waals surface area contributed by atoms with Crippen molar-refractivity contribution in [1.29, 1.82) is 0 Å². The van der Waals surface area contributed by atoms with Crippen molar-refractivity contribution in [2.75, 3.05) is 11.9 Å². The van der Waals surface area contributed by atoms with Crippen LogP contribution in [0.4, 0.5) is 5.69 Å². The van der Waals surface area contributed by atoms with Crippen LogP contribution >= 0.6 is 11.6 Å². The number of amides is 1. The summed E-state index contributed by atoms with van der Waals surface area (Å²) < 4.78 is 26.3. The summed E-state index contributed by atoms with van der Waals surface area (Å²) in [6.45, 7) is 0.983. The molecule has 0 bridgehead atoms. The fourth-order valence-electron chi connectivity index (χ4n) is 1.88. The van der Waals surface area contributed by atoms with Crippen molar-refractivity contribution < 1.29 is 18.0 Å². The molecule has 0 heterocycles. The molecule has 6 nitrogen and oxygen atoms in total. The summed E-state index contributed by atoms with van der Waals surface area (Å²) in [5, 5.41) is 2.95. The van der Waals surface area contributed by atoms with Gasteiger partial charge < -0.3 is 5.32 Å². The highest BCUT2D eigenvalue weighted by Crippen LogP contribution is 2.14. The van der Waals surface area contributed by atoms with E-state index in [1.54, 1.807) is 18.2 Å². The lowest BCUT2D eigenvalue weighted by atomic mass is 10.1. The molecule has 0 aliphatic heterocycles. The maximum atomic E-state index is 12.1. The molecule has 0 saturated heterocycles. The zero-order valence-corrected chi connectivity index (χ0v) is 14.3. The average molecular weight is 367 g/mol. The monoisotopic (exact) mass is 366 g/mol. The van der Waals surface area contributed by atoms with Gasteiger partial charge in [-0.15, -0.1) is 0 Å². The van der Waals surface area contributed by atoms with E-state index < -0.39 is 22.5 Å². The Balaban J connectivity index is 1.99. The van der Waals surface area contributed by atoms with Crippen molar-refractivity contribution >= 4 is 39.0 Å². The van der Waals surface area contributed by atoms with Crippen LogP contribution in [0.3, 0.4) is 0 Å². The van der Waals surface area contributed by atoms with Crippen molar-refractivity contribution in [3.8, 4) is 0 Å². The minimum atomic E-state index is -3.81. The number of anilines is 1. The molecule has 0 unspecified atom stereocenters. The summed E-state index contributed by atoms with van der Waals surface area (Å²) in [6.07, 6.45) is 0. The van der Waals surface area contributed by atoms with Crippen molar-refractivity contribution in [3.05, 3.63) is 59.1 Å². The Kier molecular flexibility index (Phi) is 5.71. The molecule has 0 aliphatic carbocycles. The van der Waals surface area contributed by atoms with Crippen LogP contribution in [0.25, 0.3) is 0 Å². The number of carbonyl (C=O) groups excluding carboxylic acids is 2. The van der Waals surface area contributed by atoms with Crippen LogP contribution in [-0.2, 0) is 14.8 Å². The summed E-state index contributed by atoms with van der Waals surface area (Å²) in [5.41, 5.74) is 0.868. The Labute approximate surface area is 144 Å². The predicted octanol–water partition coefficient (Wildman–Crippen LogP) is 2.46. The largest absolute Gasteiger partial charge is 0.325 e. The lowest BCUT2D eigenvalue weighted by Crippen LogP contribution is -2.32. The second-order valence-corrected chi connectivity index (χ2v) is 7.17. The zero-order valence-electron chi connectivity index (χ0n) is 12.7. The lowest BCUT2D eigenvalue weighted by Gasteiger charge is -2.08. The van der Waals surface area contributed by atoms with Crippen LogP contribution in [0.2, 0.25) is 5.02 Å². The van der Waals surface area contributed by atoms with E-state index in [9.17, 15) is 18.0 Å². The molecule has 8 heteroatoms. The third-order valence-corrected chi connectivity index (χ3v) is 4.77. The highest BCUT2D eigenvalue weighted by Gasteiger charge is 2.15. The van der Waals surface area contributed by atoms with E-state index in [2.05, 4.69) is 10.0 Å². The van der Waals surface area contributed by atoms with Gasteiger partial charge in [0.05, 0.1) is 11.4 Å². The third-order valence-electron chi connectivity index (χ3n) is 3.10. The number of nitrogens with one attached hydrogen (secondary N) is 2. The fourth-order valence-corrected chi connectivity index (χ4v) is 2.99. The van der Waals surface area contributed by atoms with E-state index in [4.69, 9.17) is 11.6 Å². The molecule has 24 heavy (non-hydrogen) atoms. The molecular weight excluding hydrogens is 352 g/mol. The van der Waals surface area contributed by atoms with Gasteiger partial charge in [-0.2, -0.15) is 0 Å². The van der Waals surface area contributed by atoms with Gasteiger partial charge in [-0.05, 0) is 43.3 Å². The molecule has 1 amide bonds. The van der Waals surface area contributed by atoms with Gasteiger partial charge in [0.2, 0.25) is 15.9 Å². The number of hydrogen-bond acceptors (Lipinski definition) is 4. The van der Waals surface area contributed by atoms with Gasteiger partial charge in [0.15, 0.2) is 5.78 Å². The van der Waals surface area contributed by atoms with Gasteiger partial charge in [-0.3, -0.25) is 9.59 Å². The molecule has 2 aromatic carbocycles. The quantitative estimate of drug-likeness (QED) is 0.768. The first kappa shape index (κ1) is 18.1. The van der Waals surface area contributed by atoms with E-state index in [1.807, 2.05) is 0 Å². The maximum absolute atomic E-state index is 12.1. The minimum Gasteiger partial charge on any atom is -0.325 e. The molecule has 0 fully saturated rings. The van der Waals surface area contributed by atoms with Crippen molar-refractivity contribution in [1.82, 2.24) is 4.72 Å². The number of Topliss-reactive ketones (excluding diaryl/α,β-unsaturated/α-hetero) is 1. The molecule has 126 valence electrons. The first-order valence-corrected chi connectivity index (χ1v) is 8.80. The molecule has 0 saturated carbocycles. The van der Waals surface area contributed by atoms with Crippen molar-refractivity contribution in [2.45, 2.75) is 11.8 Å². The second kappa shape index (κ2) is 7.57. The number of hydrogen-bond donors (Lipinski definition) is 2. The standard InChI is InChI=1S/C16H15ClN2O4S/c1-11(20)12-3-2-4-14(9-12)19-16(21)10-18-24(22,23)15-7-5-13(17)6-8-15/h2-9,18H,10H2,1H3,(H,19,21). The molecule has 0 atom stereocenters. The second-order valence-electron chi connectivity index (χ2n) is 4.96. The van der Waals surface area contributed by atoms with Crippen LogP contribution in [0.5, 0.6) is 0 Å². The average Bonchev–Trinajstić information content (AvgIpc) is 2.54. The number of rotatable bonds is 6. The maximum Gasteiger partial charge on any atom is 0.241 e. The molecule has 0 spiro atoms. The van der Waals surface area contributed by atoms with Gasteiger partial charge in [-0.1, -0.05) is 23.7 Å². The predicted molar refractivity (Wildman–Crippen MR) is 91.7 cm³/mol. The Morgan fingerprint density at radius 2 is 1.75 bits per heavy atom. The molecular formula is C16H15ClN2O4S. The zero-order chi connectivity index (χ0) is 17.7. The van der Waals surface area contributed by atoms with E-state index in [0.717, 1.165) is 0 Å². The third kappa shape index (κ3) is 4.89. The number of carbonyl (C=O) groups is 2. The summed E-state index contributed by atoms with van der Waals surface area (Å²) in [4.78, 5) is 23.2. The smallest absolute Gasteiger partial charge is 0.241 e. The summed E-state index contributed by atoms with van der Waals surface area (Å²) in [7, 11) is -3.81. The molecule has 0 aliphatic rings. The van der Waals surface area contributed by atoms with E-state index in [-0.39, 0.29) is 10.7 Å². The number of halogens is 1. The SMILES string of the molecule is CC(=O)c1cccc(NC(=O)CNS(=O)(=O)c2ccc(Cl)cc2)c1. The van der Waals surface area contributed by atoms with Crippen LogP contribution in [-0.4, -0.2) is 26.7 Å². The Hall–Kier alpha value is -2.22. The van der Waals surface area contributed by atoms with Crippen molar-refractivity contribution in [3.63, 3.8) is 0 Å². The van der Waals surface area contributed by atoms with Crippen LogP contribution < -0.4 is 10.0 Å². The topological polar surface area (TPSA) is 92.3 Å². The van der Waals surface area contributed by atoms with Crippen LogP contribution in [0, 0.1) is 0 Å². The first-order valence-electron chi connectivity index (χ1n) is 6.94. The molecule has 0 radical (unpaired) electrons. The highest BCUT2D eigenvalue weighted by atomic mass is 35.5. The lowest BCUT2D eigenvalue weighted by molar-refractivity contribution is -0.115. The summed E-state index contributed by atoms with van der Waals surface area (Å²) >= 11 is 5.71. The number of benzene rings is 2. The van der Waals surface area contributed by atoms with Crippen LogP contribution in [0.15, 0.2) is 53.4 Å². The molecule has 0 aromatic heterocycles. The highest BCUT2D eigenvalue weighted by molar-refractivity contribution is 7.89. The Morgan fingerprint density at radius 3 is 2.38 bits per heavy atom. The minimum absolute atomic E-state index is 0.0123. The van der Waals surface area contributed by atoms with E-state index in [1.165, 1.54) is 37.3 Å². The number of sulfonamides is 1. The van der Waals surface area contributed by atoms with Gasteiger partial charge in [0.1, 0.15) is 0 Å². The molecule has 2 rings (SSSR count). The Morgan fingerprint density at radius 1 is 1.08 bits per heavy atom. The normalized spacial score (nSPS) is 11.1. The first-order chi connectivity index (χ1) is 11.3. The van der Waals surface area contributed by atoms with Gasteiger partial charge in [-0.25, -0.2) is 13.1 Å². The summed E-state index contributed by atoms with van der Waals surface area (Å²) in [6, 6.07) is 12.0. The van der Waals surface area contributed by atoms with Gasteiger partial charge >= 0.3 is 0 Å². The fraction of sp³-hybridized carbons (Fsp3) is 0.125. The van der Waals surface area contributed by atoms with Crippen molar-refractivity contribution in [2.24, 2.45) is 0 Å². The molecule has 2 N–H and O–H groups in total. The van der Waals surface area contributed by atoms with Gasteiger partial charge in [0, 0.05) is 16.3 Å². The number of ketones is 1. The molecule has 2 aromatic rings. The van der Waals surface area contributed by atoms with E-state index >= 15 is 0 Å². The van der Waals surface area contributed by atoms with Crippen LogP contribution in [0.1, 0.15) is 17.3 Å². The summed E-state index contributed by atoms with van der Waals surface area (Å²) in [5.74, 6) is -0.678.